The number of morpholine rings is 1. The van der Waals surface area contributed by atoms with Gasteiger partial charge in [0, 0.05) is 24.7 Å². The van der Waals surface area contributed by atoms with Gasteiger partial charge in [0.1, 0.15) is 6.04 Å². The van der Waals surface area contributed by atoms with Gasteiger partial charge in [-0.2, -0.15) is 18.3 Å². The minimum atomic E-state index is -4.74. The van der Waals surface area contributed by atoms with E-state index in [1.54, 1.807) is 18.2 Å². The number of anilines is 2. The summed E-state index contributed by atoms with van der Waals surface area (Å²) in [6.07, 6.45) is -1.25. The molecule has 1 N–H and O–H groups in total. The summed E-state index contributed by atoms with van der Waals surface area (Å²) in [5, 5.41) is 6.19. The molecule has 1 aliphatic heterocycles. The molecule has 1 saturated heterocycles. The molecule has 39 heavy (non-hydrogen) atoms. The zero-order valence-electron chi connectivity index (χ0n) is 22.1. The van der Waals surface area contributed by atoms with Gasteiger partial charge in [-0.1, -0.05) is 24.4 Å². The molecule has 0 spiro atoms. The summed E-state index contributed by atoms with van der Waals surface area (Å²) in [5.41, 5.74) is 0.219. The average Bonchev–Trinajstić information content (AvgIpc) is 3.80. The fourth-order valence-electron chi connectivity index (χ4n) is 5.28. The van der Waals surface area contributed by atoms with Crippen LogP contribution in [0.15, 0.2) is 18.2 Å². The Morgan fingerprint density at radius 2 is 1.85 bits per heavy atom. The number of carbonyl (C=O) groups excluding carboxylic acids is 2. The lowest BCUT2D eigenvalue weighted by molar-refractivity contribution is -0.141. The summed E-state index contributed by atoms with van der Waals surface area (Å²) in [6.45, 7) is 5.21. The number of carbonyl (C=O) groups is 2. The van der Waals surface area contributed by atoms with Crippen molar-refractivity contribution in [1.29, 1.82) is 0 Å². The smallest absolute Gasteiger partial charge is 0.436 e. The number of esters is 1. The van der Waals surface area contributed by atoms with E-state index in [0.717, 1.165) is 18.5 Å². The quantitative estimate of drug-likeness (QED) is 0.404. The number of amides is 1. The van der Waals surface area contributed by atoms with E-state index in [1.807, 2.05) is 13.8 Å². The van der Waals surface area contributed by atoms with Crippen molar-refractivity contribution in [2.45, 2.75) is 76.3 Å². The highest BCUT2D eigenvalue weighted by Gasteiger charge is 2.44. The molecule has 1 aromatic heterocycles. The summed E-state index contributed by atoms with van der Waals surface area (Å²) in [4.78, 5) is 28.5. The summed E-state index contributed by atoms with van der Waals surface area (Å²) >= 11 is 6.20. The molecule has 2 aliphatic carbocycles. The number of ether oxygens (including phenoxy) is 2. The maximum absolute atomic E-state index is 13.7. The Kier molecular flexibility index (Phi) is 7.58. The molecule has 2 saturated carbocycles. The van der Waals surface area contributed by atoms with Crippen LogP contribution >= 0.6 is 11.6 Å². The minimum Gasteiger partial charge on any atom is -0.465 e. The van der Waals surface area contributed by atoms with Crippen LogP contribution in [0, 0.1) is 5.92 Å². The molecular formula is C27H32ClF3N4O4. The van der Waals surface area contributed by atoms with Crippen molar-refractivity contribution in [3.63, 3.8) is 0 Å². The molecule has 212 valence electrons. The van der Waals surface area contributed by atoms with Gasteiger partial charge in [-0.25, -0.2) is 4.79 Å². The van der Waals surface area contributed by atoms with Crippen LogP contribution in [-0.2, 0) is 20.4 Å². The van der Waals surface area contributed by atoms with Crippen LogP contribution in [0.1, 0.15) is 79.7 Å². The number of benzene rings is 1. The third-order valence-corrected chi connectivity index (χ3v) is 7.80. The van der Waals surface area contributed by atoms with E-state index in [0.29, 0.717) is 32.4 Å². The molecular weight excluding hydrogens is 537 g/mol. The van der Waals surface area contributed by atoms with E-state index in [1.165, 1.54) is 11.8 Å². The first-order chi connectivity index (χ1) is 18.5. The monoisotopic (exact) mass is 568 g/mol. The highest BCUT2D eigenvalue weighted by molar-refractivity contribution is 6.32. The van der Waals surface area contributed by atoms with E-state index in [9.17, 15) is 22.8 Å². The number of methoxy groups -OCH3 is 1. The van der Waals surface area contributed by atoms with Crippen LogP contribution in [0.25, 0.3) is 0 Å². The number of nitrogens with one attached hydrogen (secondary N) is 1. The van der Waals surface area contributed by atoms with Crippen LogP contribution in [0.5, 0.6) is 0 Å². The van der Waals surface area contributed by atoms with Gasteiger partial charge >= 0.3 is 12.1 Å². The molecule has 3 atom stereocenters. The molecule has 1 aromatic carbocycles. The van der Waals surface area contributed by atoms with Gasteiger partial charge in [0.05, 0.1) is 41.3 Å². The molecule has 0 radical (unpaired) electrons. The second kappa shape index (κ2) is 10.6. The first-order valence-electron chi connectivity index (χ1n) is 13.2. The number of nitrogens with zero attached hydrogens (tertiary/aromatic N) is 3. The SMILES string of the molecule is COC(=O)c1cc(N2CC(C)O[C@@H](C)C2)ccc1NC(=O)[C@H](CC1CC1)n1nc(C(F)(F)F)c(Cl)c1C1CC1. The first-order valence-corrected chi connectivity index (χ1v) is 13.6. The number of hydrogen-bond acceptors (Lipinski definition) is 6. The number of halogens is 4. The van der Waals surface area contributed by atoms with Gasteiger partial charge in [-0.3, -0.25) is 9.48 Å². The number of hydrogen-bond donors (Lipinski definition) is 1. The molecule has 1 amide bonds. The lowest BCUT2D eigenvalue weighted by atomic mass is 10.1. The Bertz CT molecular complexity index is 1250. The van der Waals surface area contributed by atoms with Crippen LogP contribution < -0.4 is 10.2 Å². The van der Waals surface area contributed by atoms with Crippen LogP contribution in [0.2, 0.25) is 5.02 Å². The Morgan fingerprint density at radius 3 is 2.41 bits per heavy atom. The van der Waals surface area contributed by atoms with Gasteiger partial charge in [0.25, 0.3) is 0 Å². The molecule has 8 nitrogen and oxygen atoms in total. The van der Waals surface area contributed by atoms with Gasteiger partial charge in [-0.05, 0) is 57.2 Å². The predicted molar refractivity (Wildman–Crippen MR) is 139 cm³/mol. The van der Waals surface area contributed by atoms with E-state index >= 15 is 0 Å². The molecule has 1 unspecified atom stereocenters. The number of alkyl halides is 3. The van der Waals surface area contributed by atoms with Crippen LogP contribution in [-0.4, -0.2) is 54.1 Å². The Hall–Kier alpha value is -2.79. The third kappa shape index (κ3) is 6.04. The minimum absolute atomic E-state index is 0.000959. The summed E-state index contributed by atoms with van der Waals surface area (Å²) in [5.74, 6) is -1.15. The van der Waals surface area contributed by atoms with Crippen LogP contribution in [0.4, 0.5) is 24.5 Å². The second-order valence-corrected chi connectivity index (χ2v) is 11.2. The van der Waals surface area contributed by atoms with Crippen molar-refractivity contribution in [2.75, 3.05) is 30.4 Å². The number of aromatic nitrogens is 2. The second-order valence-electron chi connectivity index (χ2n) is 10.8. The van der Waals surface area contributed by atoms with Crippen molar-refractivity contribution >= 4 is 34.9 Å². The molecule has 5 rings (SSSR count). The summed E-state index contributed by atoms with van der Waals surface area (Å²) in [6, 6.07) is 4.07. The van der Waals surface area contributed by atoms with E-state index in [4.69, 9.17) is 21.1 Å². The standard InChI is InChI=1S/C27H32ClF3N4O4/c1-14-12-34(13-15(2)39-14)18-8-9-20(19(11-18)26(37)38-3)32-25(36)21(10-16-4-5-16)35-23(17-6-7-17)22(28)24(33-35)27(29,30)31/h8-9,11,14-17,21H,4-7,10,12-13H2,1-3H3,(H,32,36)/t14-,15?,21-/m0/s1. The zero-order valence-corrected chi connectivity index (χ0v) is 22.8. The Labute approximate surface area is 229 Å². The van der Waals surface area contributed by atoms with Gasteiger partial charge < -0.3 is 19.7 Å². The van der Waals surface area contributed by atoms with E-state index in [2.05, 4.69) is 15.3 Å². The fourth-order valence-corrected chi connectivity index (χ4v) is 5.66. The van der Waals surface area contributed by atoms with Gasteiger partial charge in [-0.15, -0.1) is 0 Å². The summed E-state index contributed by atoms with van der Waals surface area (Å²) < 4.78 is 53.1. The maximum Gasteiger partial charge on any atom is 0.436 e. The van der Waals surface area contributed by atoms with Crippen molar-refractivity contribution in [3.05, 3.63) is 40.2 Å². The number of rotatable bonds is 8. The zero-order chi connectivity index (χ0) is 28.1. The molecule has 12 heteroatoms. The lowest BCUT2D eigenvalue weighted by Gasteiger charge is -2.37. The first kappa shape index (κ1) is 27.8. The highest BCUT2D eigenvalue weighted by atomic mass is 35.5. The normalized spacial score (nSPS) is 22.5. The molecule has 3 aliphatic rings. The molecule has 2 heterocycles. The van der Waals surface area contributed by atoms with Gasteiger partial charge in [0.15, 0.2) is 5.69 Å². The van der Waals surface area contributed by atoms with Crippen molar-refractivity contribution < 1.29 is 32.2 Å². The Balaban J connectivity index is 1.47. The average molecular weight is 569 g/mol. The van der Waals surface area contributed by atoms with Crippen molar-refractivity contribution in [1.82, 2.24) is 9.78 Å². The van der Waals surface area contributed by atoms with Gasteiger partial charge in [0.2, 0.25) is 5.91 Å². The summed E-state index contributed by atoms with van der Waals surface area (Å²) in [7, 11) is 1.25. The topological polar surface area (TPSA) is 85.7 Å². The van der Waals surface area contributed by atoms with Crippen LogP contribution in [0.3, 0.4) is 0 Å². The lowest BCUT2D eigenvalue weighted by Crippen LogP contribution is -2.45. The highest BCUT2D eigenvalue weighted by Crippen LogP contribution is 2.49. The Morgan fingerprint density at radius 1 is 1.18 bits per heavy atom. The third-order valence-electron chi connectivity index (χ3n) is 7.42. The fraction of sp³-hybridized carbons (Fsp3) is 0.593. The van der Waals surface area contributed by atoms with Crippen molar-refractivity contribution in [3.8, 4) is 0 Å². The predicted octanol–water partition coefficient (Wildman–Crippen LogP) is 5.81. The molecule has 3 fully saturated rings. The van der Waals surface area contributed by atoms with Crippen molar-refractivity contribution in [2.24, 2.45) is 5.92 Å². The maximum atomic E-state index is 13.7. The van der Waals surface area contributed by atoms with E-state index in [-0.39, 0.29) is 41.0 Å². The largest absolute Gasteiger partial charge is 0.465 e. The molecule has 2 aromatic rings. The van der Waals surface area contributed by atoms with E-state index < -0.39 is 34.8 Å². The molecule has 0 bridgehead atoms.